The lowest BCUT2D eigenvalue weighted by molar-refractivity contribution is -0.138. The van der Waals surface area contributed by atoms with Gasteiger partial charge in [-0.2, -0.15) is 0 Å². The van der Waals surface area contributed by atoms with Crippen LogP contribution in [0.3, 0.4) is 0 Å². The van der Waals surface area contributed by atoms with Crippen LogP contribution in [0.25, 0.3) is 0 Å². The normalized spacial score (nSPS) is 10.2. The third kappa shape index (κ3) is 34.9. The smallest absolute Gasteiger partial charge is 0.293 e. The van der Waals surface area contributed by atoms with Crippen LogP contribution in [0.4, 0.5) is 0 Å². The van der Waals surface area contributed by atoms with Gasteiger partial charge in [0.15, 0.2) is 0 Å². The number of carbonyl (C=O) groups excluding carboxylic acids is 4. The first kappa shape index (κ1) is 32.7. The molecule has 0 fully saturated rings. The fourth-order valence-electron chi connectivity index (χ4n) is 1.57. The maximum atomic E-state index is 11.0. The Bertz CT molecular complexity index is 589. The van der Waals surface area contributed by atoms with Crippen molar-refractivity contribution in [2.45, 2.75) is 66.0 Å². The topological polar surface area (TPSA) is 154 Å². The first-order chi connectivity index (χ1) is 14.4. The fraction of sp³-hybridized carbons (Fsp3) is 0.545. The van der Waals surface area contributed by atoms with Crippen LogP contribution in [0.5, 0.6) is 0 Å². The number of ether oxygens (including phenoxy) is 1. The standard InChI is InChI=1S/C8H15N3O3.C7H8.C5H10O2.C2H7N/c1-6(2-3-7(9)13)11-8(14)4-10-5-12;1-7-5-3-2-4-6-7;1-5(2,3)7-4-6;1-2-3/h5-6H,2-4H2,1H3,(H2,9,13)(H,10,12)(H,11,14);2-6H,1H3;4H,1-3H3;2-3H2,1H3. The predicted molar refractivity (Wildman–Crippen MR) is 123 cm³/mol. The van der Waals surface area contributed by atoms with Crippen molar-refractivity contribution < 1.29 is 23.9 Å². The molecule has 6 N–H and O–H groups in total. The van der Waals surface area contributed by atoms with E-state index in [0.29, 0.717) is 19.3 Å². The van der Waals surface area contributed by atoms with Crippen molar-refractivity contribution in [1.29, 1.82) is 0 Å². The lowest BCUT2D eigenvalue weighted by atomic mass is 10.2. The molecule has 1 atom stereocenters. The van der Waals surface area contributed by atoms with Crippen molar-refractivity contribution in [2.75, 3.05) is 13.1 Å². The largest absolute Gasteiger partial charge is 0.462 e. The Hall–Kier alpha value is -2.94. The van der Waals surface area contributed by atoms with Gasteiger partial charge in [-0.3, -0.25) is 19.2 Å². The second-order valence-corrected chi connectivity index (χ2v) is 7.36. The summed E-state index contributed by atoms with van der Waals surface area (Å²) in [5.74, 6) is -0.675. The van der Waals surface area contributed by atoms with Crippen LogP contribution in [0.2, 0.25) is 0 Å². The monoisotopic (exact) mass is 440 g/mol. The molecule has 9 nitrogen and oxygen atoms in total. The van der Waals surface area contributed by atoms with E-state index in [0.717, 1.165) is 6.54 Å². The van der Waals surface area contributed by atoms with Crippen LogP contribution >= 0.6 is 0 Å². The van der Waals surface area contributed by atoms with E-state index in [9.17, 15) is 19.2 Å². The third-order valence-electron chi connectivity index (χ3n) is 2.92. The fourth-order valence-corrected chi connectivity index (χ4v) is 1.57. The van der Waals surface area contributed by atoms with Gasteiger partial charge in [0.05, 0.1) is 6.54 Å². The minimum Gasteiger partial charge on any atom is -0.462 e. The molecule has 0 aromatic heterocycles. The van der Waals surface area contributed by atoms with Crippen LogP contribution in [-0.2, 0) is 23.9 Å². The number of rotatable bonds is 8. The molecule has 1 aromatic rings. The predicted octanol–water partition coefficient (Wildman–Crippen LogP) is 1.42. The van der Waals surface area contributed by atoms with E-state index in [1.54, 1.807) is 6.92 Å². The molecular weight excluding hydrogens is 400 g/mol. The molecule has 0 heterocycles. The molecule has 1 rings (SSSR count). The van der Waals surface area contributed by atoms with Crippen molar-refractivity contribution in [3.05, 3.63) is 35.9 Å². The van der Waals surface area contributed by atoms with Gasteiger partial charge < -0.3 is 26.8 Å². The number of carbonyl (C=O) groups is 4. The molecule has 0 saturated heterocycles. The molecule has 31 heavy (non-hydrogen) atoms. The Kier molecular flexibility index (Phi) is 23.0. The number of benzene rings is 1. The average Bonchev–Trinajstić information content (AvgIpc) is 2.66. The lowest BCUT2D eigenvalue weighted by Crippen LogP contribution is -2.39. The zero-order valence-electron chi connectivity index (χ0n) is 19.6. The molecule has 1 aromatic carbocycles. The van der Waals surface area contributed by atoms with Crippen LogP contribution in [0.15, 0.2) is 30.3 Å². The van der Waals surface area contributed by atoms with E-state index >= 15 is 0 Å². The molecule has 0 spiro atoms. The summed E-state index contributed by atoms with van der Waals surface area (Å²) < 4.78 is 4.55. The zero-order chi connectivity index (χ0) is 24.7. The highest BCUT2D eigenvalue weighted by Gasteiger charge is 2.08. The van der Waals surface area contributed by atoms with Crippen LogP contribution < -0.4 is 22.1 Å². The number of primary amides is 1. The van der Waals surface area contributed by atoms with Crippen molar-refractivity contribution >= 4 is 24.7 Å². The van der Waals surface area contributed by atoms with Crippen LogP contribution in [0.1, 0.15) is 53.0 Å². The highest BCUT2D eigenvalue weighted by Crippen LogP contribution is 2.02. The molecule has 9 heteroatoms. The summed E-state index contributed by atoms with van der Waals surface area (Å²) in [7, 11) is 0. The Balaban J connectivity index is -0.000000386. The molecule has 0 saturated carbocycles. The van der Waals surface area contributed by atoms with Gasteiger partial charge in [-0.15, -0.1) is 0 Å². The number of amides is 3. The van der Waals surface area contributed by atoms with Crippen molar-refractivity contribution in [3.8, 4) is 0 Å². The van der Waals surface area contributed by atoms with Crippen molar-refractivity contribution in [3.63, 3.8) is 0 Å². The summed E-state index contributed by atoms with van der Waals surface area (Å²) in [4.78, 5) is 40.9. The maximum Gasteiger partial charge on any atom is 0.293 e. The highest BCUT2D eigenvalue weighted by molar-refractivity contribution is 5.80. The second-order valence-electron chi connectivity index (χ2n) is 7.36. The summed E-state index contributed by atoms with van der Waals surface area (Å²) in [6.45, 7) is 12.4. The third-order valence-corrected chi connectivity index (χ3v) is 2.92. The van der Waals surface area contributed by atoms with Crippen molar-refractivity contribution in [2.24, 2.45) is 11.5 Å². The van der Waals surface area contributed by atoms with Crippen molar-refractivity contribution in [1.82, 2.24) is 10.6 Å². The Labute approximate surface area is 186 Å². The molecule has 0 bridgehead atoms. The molecule has 1 unspecified atom stereocenters. The molecule has 0 aliphatic rings. The minimum absolute atomic E-state index is 0.0512. The minimum atomic E-state index is -0.392. The number of hydrogen-bond acceptors (Lipinski definition) is 6. The quantitative estimate of drug-likeness (QED) is 0.448. The summed E-state index contributed by atoms with van der Waals surface area (Å²) >= 11 is 0. The molecular formula is C22H40N4O5. The van der Waals surface area contributed by atoms with Gasteiger partial charge in [0.1, 0.15) is 5.60 Å². The van der Waals surface area contributed by atoms with Gasteiger partial charge in [-0.1, -0.05) is 42.8 Å². The summed E-state index contributed by atoms with van der Waals surface area (Å²) in [5, 5.41) is 4.84. The number of aryl methyl sites for hydroxylation is 1. The van der Waals surface area contributed by atoms with E-state index in [4.69, 9.17) is 11.5 Å². The second kappa shape index (κ2) is 21.8. The van der Waals surface area contributed by atoms with E-state index < -0.39 is 5.91 Å². The SMILES string of the molecule is CC(C)(C)OC=O.CC(CCC(N)=O)NC(=O)CNC=O.CCN.Cc1ccccc1. The Morgan fingerprint density at radius 1 is 1.16 bits per heavy atom. The first-order valence-corrected chi connectivity index (χ1v) is 10.0. The molecule has 3 amide bonds. The number of hydrogen-bond donors (Lipinski definition) is 4. The van der Waals surface area contributed by atoms with Crippen LogP contribution in [-0.4, -0.2) is 49.4 Å². The lowest BCUT2D eigenvalue weighted by Gasteiger charge is -2.14. The zero-order valence-corrected chi connectivity index (χ0v) is 19.6. The molecule has 0 aliphatic heterocycles. The van der Waals surface area contributed by atoms with Gasteiger partial charge in [0.2, 0.25) is 18.2 Å². The van der Waals surface area contributed by atoms with Gasteiger partial charge in [-0.05, 0) is 47.6 Å². The van der Waals surface area contributed by atoms with Crippen LogP contribution in [0, 0.1) is 6.92 Å². The van der Waals surface area contributed by atoms with E-state index in [1.807, 2.05) is 45.9 Å². The van der Waals surface area contributed by atoms with Gasteiger partial charge >= 0.3 is 0 Å². The molecule has 0 aliphatic carbocycles. The Morgan fingerprint density at radius 2 is 1.68 bits per heavy atom. The Morgan fingerprint density at radius 3 is 1.97 bits per heavy atom. The van der Waals surface area contributed by atoms with Gasteiger partial charge in [0.25, 0.3) is 6.47 Å². The summed E-state index contributed by atoms with van der Waals surface area (Å²) in [5.41, 5.74) is 10.8. The number of nitrogens with two attached hydrogens (primary N) is 2. The van der Waals surface area contributed by atoms with E-state index in [1.165, 1.54) is 5.56 Å². The maximum absolute atomic E-state index is 11.0. The van der Waals surface area contributed by atoms with Gasteiger partial charge in [0, 0.05) is 12.5 Å². The molecule has 0 radical (unpaired) electrons. The van der Waals surface area contributed by atoms with E-state index in [-0.39, 0.29) is 30.5 Å². The summed E-state index contributed by atoms with van der Waals surface area (Å²) in [6.07, 6.45) is 1.19. The van der Waals surface area contributed by atoms with E-state index in [2.05, 4.69) is 34.4 Å². The number of nitrogens with one attached hydrogen (secondary N) is 2. The average molecular weight is 441 g/mol. The summed E-state index contributed by atoms with van der Waals surface area (Å²) in [6, 6.07) is 10.1. The molecule has 178 valence electrons. The first-order valence-electron chi connectivity index (χ1n) is 10.0. The highest BCUT2D eigenvalue weighted by atomic mass is 16.5. The van der Waals surface area contributed by atoms with Gasteiger partial charge in [-0.25, -0.2) is 0 Å².